The minimum absolute atomic E-state index is 0.488. The van der Waals surface area contributed by atoms with Gasteiger partial charge in [0.15, 0.2) is 0 Å². The zero-order valence-electron chi connectivity index (χ0n) is 11.0. The van der Waals surface area contributed by atoms with Gasteiger partial charge in [-0.05, 0) is 31.0 Å². The third-order valence-electron chi connectivity index (χ3n) is 3.60. The molecule has 0 aromatic heterocycles. The van der Waals surface area contributed by atoms with Crippen LogP contribution in [0.1, 0.15) is 24.1 Å². The Morgan fingerprint density at radius 3 is 2.59 bits per heavy atom. The molecule has 1 atom stereocenters. The molecule has 1 heterocycles. The summed E-state index contributed by atoms with van der Waals surface area (Å²) >= 11 is 0. The Hall–Kier alpha value is -1.06. The first kappa shape index (κ1) is 12.4. The highest BCUT2D eigenvalue weighted by atomic mass is 16.5. The summed E-state index contributed by atoms with van der Waals surface area (Å²) in [7, 11) is 1.72. The van der Waals surface area contributed by atoms with Gasteiger partial charge in [0.1, 0.15) is 5.75 Å². The van der Waals surface area contributed by atoms with E-state index in [1.807, 2.05) is 0 Å². The first-order valence-corrected chi connectivity index (χ1v) is 6.31. The average molecular weight is 234 g/mol. The predicted octanol–water partition coefficient (Wildman–Crippen LogP) is 1.97. The van der Waals surface area contributed by atoms with Crippen molar-refractivity contribution in [2.45, 2.75) is 19.9 Å². The molecular formula is C14H22N2O. The van der Waals surface area contributed by atoms with Gasteiger partial charge in [-0.2, -0.15) is 0 Å². The summed E-state index contributed by atoms with van der Waals surface area (Å²) in [6.07, 6.45) is 0. The summed E-state index contributed by atoms with van der Waals surface area (Å²) in [6.45, 7) is 8.84. The highest BCUT2D eigenvalue weighted by molar-refractivity contribution is 5.37. The topological polar surface area (TPSA) is 24.5 Å². The number of rotatable bonds is 3. The second-order valence-electron chi connectivity index (χ2n) is 4.69. The van der Waals surface area contributed by atoms with Crippen LogP contribution in [0.3, 0.4) is 0 Å². The quantitative estimate of drug-likeness (QED) is 0.865. The fourth-order valence-corrected chi connectivity index (χ4v) is 2.44. The van der Waals surface area contributed by atoms with E-state index < -0.39 is 0 Å². The van der Waals surface area contributed by atoms with E-state index in [-0.39, 0.29) is 0 Å². The number of methoxy groups -OCH3 is 1. The smallest absolute Gasteiger partial charge is 0.121 e. The number of nitrogens with one attached hydrogen (secondary N) is 1. The number of hydrogen-bond acceptors (Lipinski definition) is 3. The maximum Gasteiger partial charge on any atom is 0.121 e. The average Bonchev–Trinajstić information content (AvgIpc) is 2.39. The van der Waals surface area contributed by atoms with Crippen LogP contribution in [0, 0.1) is 6.92 Å². The Morgan fingerprint density at radius 2 is 2.00 bits per heavy atom. The van der Waals surface area contributed by atoms with Crippen molar-refractivity contribution in [3.8, 4) is 5.75 Å². The maximum absolute atomic E-state index is 5.30. The second kappa shape index (κ2) is 5.52. The molecule has 1 aromatic carbocycles. The van der Waals surface area contributed by atoms with Crippen LogP contribution in [0.5, 0.6) is 5.75 Å². The Kier molecular flexibility index (Phi) is 4.02. The highest BCUT2D eigenvalue weighted by Crippen LogP contribution is 2.25. The van der Waals surface area contributed by atoms with Crippen LogP contribution < -0.4 is 10.1 Å². The van der Waals surface area contributed by atoms with Gasteiger partial charge in [0, 0.05) is 32.2 Å². The van der Waals surface area contributed by atoms with E-state index in [0.717, 1.165) is 31.9 Å². The van der Waals surface area contributed by atoms with Crippen LogP contribution >= 0.6 is 0 Å². The summed E-state index contributed by atoms with van der Waals surface area (Å²) in [5.41, 5.74) is 2.59. The molecule has 1 fully saturated rings. The summed E-state index contributed by atoms with van der Waals surface area (Å²) in [6, 6.07) is 6.98. The zero-order valence-corrected chi connectivity index (χ0v) is 11.0. The Bertz CT molecular complexity index is 372. The number of nitrogens with zero attached hydrogens (tertiary/aromatic N) is 1. The first-order chi connectivity index (χ1) is 8.22. The molecule has 3 heteroatoms. The number of aryl methyl sites for hydroxylation is 1. The predicted molar refractivity (Wildman–Crippen MR) is 70.6 cm³/mol. The minimum atomic E-state index is 0.488. The van der Waals surface area contributed by atoms with Crippen molar-refractivity contribution in [1.29, 1.82) is 0 Å². The van der Waals surface area contributed by atoms with Gasteiger partial charge < -0.3 is 10.1 Å². The summed E-state index contributed by atoms with van der Waals surface area (Å²) < 4.78 is 5.30. The molecule has 94 valence electrons. The van der Waals surface area contributed by atoms with Crippen LogP contribution in [0.4, 0.5) is 0 Å². The molecule has 17 heavy (non-hydrogen) atoms. The van der Waals surface area contributed by atoms with E-state index in [1.54, 1.807) is 7.11 Å². The van der Waals surface area contributed by atoms with Crippen LogP contribution in [-0.4, -0.2) is 38.2 Å². The zero-order chi connectivity index (χ0) is 12.3. The van der Waals surface area contributed by atoms with Crippen molar-refractivity contribution < 1.29 is 4.74 Å². The molecule has 0 unspecified atom stereocenters. The monoisotopic (exact) mass is 234 g/mol. The number of benzene rings is 1. The van der Waals surface area contributed by atoms with Gasteiger partial charge in [0.2, 0.25) is 0 Å². The van der Waals surface area contributed by atoms with Crippen molar-refractivity contribution in [3.05, 3.63) is 29.3 Å². The summed E-state index contributed by atoms with van der Waals surface area (Å²) in [4.78, 5) is 2.53. The van der Waals surface area contributed by atoms with E-state index in [2.05, 4.69) is 42.3 Å². The molecule has 0 saturated carbocycles. The van der Waals surface area contributed by atoms with Gasteiger partial charge in [0.25, 0.3) is 0 Å². The molecule has 0 amide bonds. The SMILES string of the molecule is COc1ccc([C@@H](C)N2CCNCC2)cc1C. The van der Waals surface area contributed by atoms with Crippen molar-refractivity contribution in [2.24, 2.45) is 0 Å². The standard InChI is InChI=1S/C14H22N2O/c1-11-10-13(4-5-14(11)17-3)12(2)16-8-6-15-7-9-16/h4-5,10,12,15H,6-9H2,1-3H3/t12-/m1/s1. The lowest BCUT2D eigenvalue weighted by Gasteiger charge is -2.33. The Labute approximate surface area is 104 Å². The van der Waals surface area contributed by atoms with Gasteiger partial charge in [0.05, 0.1) is 7.11 Å². The van der Waals surface area contributed by atoms with Crippen molar-refractivity contribution in [2.75, 3.05) is 33.3 Å². The number of piperazine rings is 1. The third-order valence-corrected chi connectivity index (χ3v) is 3.60. The van der Waals surface area contributed by atoms with Crippen LogP contribution in [0.2, 0.25) is 0 Å². The van der Waals surface area contributed by atoms with Crippen LogP contribution in [0.25, 0.3) is 0 Å². The summed E-state index contributed by atoms with van der Waals surface area (Å²) in [5, 5.41) is 3.39. The fraction of sp³-hybridized carbons (Fsp3) is 0.571. The van der Waals surface area contributed by atoms with E-state index in [0.29, 0.717) is 6.04 Å². The molecule has 0 bridgehead atoms. The highest BCUT2D eigenvalue weighted by Gasteiger charge is 2.18. The molecule has 1 saturated heterocycles. The van der Waals surface area contributed by atoms with E-state index in [4.69, 9.17) is 4.74 Å². The fourth-order valence-electron chi connectivity index (χ4n) is 2.44. The molecule has 0 spiro atoms. The van der Waals surface area contributed by atoms with E-state index in [1.165, 1.54) is 11.1 Å². The van der Waals surface area contributed by atoms with Gasteiger partial charge in [-0.1, -0.05) is 12.1 Å². The van der Waals surface area contributed by atoms with E-state index in [9.17, 15) is 0 Å². The largest absolute Gasteiger partial charge is 0.496 e. The van der Waals surface area contributed by atoms with E-state index >= 15 is 0 Å². The maximum atomic E-state index is 5.30. The third kappa shape index (κ3) is 2.79. The molecule has 1 N–H and O–H groups in total. The van der Waals surface area contributed by atoms with Gasteiger partial charge in [-0.25, -0.2) is 0 Å². The molecule has 1 aromatic rings. The second-order valence-corrected chi connectivity index (χ2v) is 4.69. The molecule has 1 aliphatic rings. The molecule has 0 radical (unpaired) electrons. The summed E-state index contributed by atoms with van der Waals surface area (Å²) in [5.74, 6) is 0.973. The minimum Gasteiger partial charge on any atom is -0.496 e. The van der Waals surface area contributed by atoms with Crippen LogP contribution in [-0.2, 0) is 0 Å². The van der Waals surface area contributed by atoms with Crippen molar-refractivity contribution in [3.63, 3.8) is 0 Å². The van der Waals surface area contributed by atoms with Crippen molar-refractivity contribution in [1.82, 2.24) is 10.2 Å². The molecule has 3 nitrogen and oxygen atoms in total. The Morgan fingerprint density at radius 1 is 1.29 bits per heavy atom. The lowest BCUT2D eigenvalue weighted by Crippen LogP contribution is -2.44. The molecule has 2 rings (SSSR count). The lowest BCUT2D eigenvalue weighted by atomic mass is 10.0. The van der Waals surface area contributed by atoms with Gasteiger partial charge in [-0.3, -0.25) is 4.90 Å². The molecular weight excluding hydrogens is 212 g/mol. The van der Waals surface area contributed by atoms with Gasteiger partial charge >= 0.3 is 0 Å². The molecule has 1 aliphatic heterocycles. The lowest BCUT2D eigenvalue weighted by molar-refractivity contribution is 0.185. The van der Waals surface area contributed by atoms with Crippen LogP contribution in [0.15, 0.2) is 18.2 Å². The van der Waals surface area contributed by atoms with Crippen molar-refractivity contribution >= 4 is 0 Å². The Balaban J connectivity index is 2.12. The normalized spacial score (nSPS) is 19.0. The molecule has 0 aliphatic carbocycles. The first-order valence-electron chi connectivity index (χ1n) is 6.31. The number of hydrogen-bond donors (Lipinski definition) is 1. The number of ether oxygens (including phenoxy) is 1. The van der Waals surface area contributed by atoms with Gasteiger partial charge in [-0.15, -0.1) is 0 Å².